The maximum atomic E-state index is 13.5. The van der Waals surface area contributed by atoms with Gasteiger partial charge in [0.2, 0.25) is 0 Å². The van der Waals surface area contributed by atoms with Crippen LogP contribution in [0.4, 0.5) is 44.3 Å². The molecule has 0 saturated carbocycles. The molecule has 1 aromatic heterocycles. The lowest BCUT2D eigenvalue weighted by Gasteiger charge is -2.16. The van der Waals surface area contributed by atoms with Crippen molar-refractivity contribution in [1.29, 1.82) is 0 Å². The van der Waals surface area contributed by atoms with Gasteiger partial charge in [-0.25, -0.2) is 14.3 Å². The van der Waals surface area contributed by atoms with Crippen molar-refractivity contribution in [3.63, 3.8) is 0 Å². The Morgan fingerprint density at radius 2 is 1.42 bits per heavy atom. The SMILES string of the molecule is CCOC(=O)OC(=O)c1cnn(-c2cc(C(F)(F)F)cc(C(F)(F)F)c2)c1C(F)(F)F. The molecule has 0 radical (unpaired) electrons. The highest BCUT2D eigenvalue weighted by molar-refractivity contribution is 5.96. The summed E-state index contributed by atoms with van der Waals surface area (Å²) < 4.78 is 126. The van der Waals surface area contributed by atoms with Crippen LogP contribution < -0.4 is 0 Å². The van der Waals surface area contributed by atoms with Crippen LogP contribution in [0.25, 0.3) is 5.69 Å². The summed E-state index contributed by atoms with van der Waals surface area (Å²) in [6.45, 7) is 0.985. The average molecular weight is 464 g/mol. The van der Waals surface area contributed by atoms with Crippen molar-refractivity contribution in [2.75, 3.05) is 6.61 Å². The first kappa shape index (κ1) is 24.0. The van der Waals surface area contributed by atoms with Gasteiger partial charge in [-0.3, -0.25) is 0 Å². The van der Waals surface area contributed by atoms with Gasteiger partial charge in [-0.05, 0) is 25.1 Å². The van der Waals surface area contributed by atoms with Crippen LogP contribution >= 0.6 is 0 Å². The third kappa shape index (κ3) is 5.46. The third-order valence-electron chi connectivity index (χ3n) is 3.51. The second kappa shape index (κ2) is 8.11. The van der Waals surface area contributed by atoms with E-state index in [0.717, 1.165) is 0 Å². The number of halogens is 9. The minimum atomic E-state index is -5.49. The van der Waals surface area contributed by atoms with Gasteiger partial charge in [0.1, 0.15) is 5.56 Å². The summed E-state index contributed by atoms with van der Waals surface area (Å²) in [4.78, 5) is 23.0. The molecule has 0 amide bonds. The highest BCUT2D eigenvalue weighted by Gasteiger charge is 2.43. The Morgan fingerprint density at radius 3 is 1.84 bits per heavy atom. The zero-order valence-corrected chi connectivity index (χ0v) is 14.9. The summed E-state index contributed by atoms with van der Waals surface area (Å²) in [5.74, 6) is -1.93. The number of nitrogens with zero attached hydrogens (tertiary/aromatic N) is 2. The first-order valence-corrected chi connectivity index (χ1v) is 7.89. The summed E-state index contributed by atoms with van der Waals surface area (Å²) in [5.41, 5.74) is -8.60. The Labute approximate surface area is 166 Å². The normalized spacial score (nSPS) is 12.6. The van der Waals surface area contributed by atoms with E-state index in [1.54, 1.807) is 0 Å². The Balaban J connectivity index is 2.70. The number of carbonyl (C=O) groups excluding carboxylic acids is 2. The van der Waals surface area contributed by atoms with Crippen molar-refractivity contribution in [3.8, 4) is 5.69 Å². The number of alkyl halides is 9. The predicted octanol–water partition coefficient (Wildman–Crippen LogP) is 5.24. The number of hydrogen-bond acceptors (Lipinski definition) is 5. The van der Waals surface area contributed by atoms with E-state index in [9.17, 15) is 49.1 Å². The molecule has 0 bridgehead atoms. The zero-order chi connectivity index (χ0) is 23.8. The Bertz CT molecular complexity index is 958. The number of esters is 1. The van der Waals surface area contributed by atoms with Gasteiger partial charge in [0.15, 0.2) is 5.69 Å². The molecule has 0 N–H and O–H groups in total. The van der Waals surface area contributed by atoms with E-state index in [-0.39, 0.29) is 35.7 Å². The molecular formula is C16H9F9N2O4. The summed E-state index contributed by atoms with van der Waals surface area (Å²) in [6, 6.07) is -0.327. The number of rotatable bonds is 3. The highest BCUT2D eigenvalue weighted by atomic mass is 19.4. The van der Waals surface area contributed by atoms with E-state index in [1.807, 2.05) is 0 Å². The van der Waals surface area contributed by atoms with E-state index in [4.69, 9.17) is 0 Å². The fraction of sp³-hybridized carbons (Fsp3) is 0.312. The molecule has 170 valence electrons. The van der Waals surface area contributed by atoms with E-state index < -0.39 is 58.7 Å². The predicted molar refractivity (Wildman–Crippen MR) is 81.0 cm³/mol. The molecule has 0 aliphatic heterocycles. The fourth-order valence-corrected chi connectivity index (χ4v) is 2.31. The summed E-state index contributed by atoms with van der Waals surface area (Å²) in [6.07, 6.45) is -17.7. The monoisotopic (exact) mass is 464 g/mol. The van der Waals surface area contributed by atoms with E-state index >= 15 is 0 Å². The van der Waals surface area contributed by atoms with Crippen molar-refractivity contribution >= 4 is 12.1 Å². The van der Waals surface area contributed by atoms with Gasteiger partial charge >= 0.3 is 30.7 Å². The molecule has 2 aromatic rings. The van der Waals surface area contributed by atoms with Gasteiger partial charge < -0.3 is 9.47 Å². The van der Waals surface area contributed by atoms with Crippen LogP contribution in [0.1, 0.15) is 34.1 Å². The van der Waals surface area contributed by atoms with Crippen LogP contribution in [-0.2, 0) is 28.0 Å². The van der Waals surface area contributed by atoms with Gasteiger partial charge in [0.25, 0.3) is 0 Å². The van der Waals surface area contributed by atoms with Crippen molar-refractivity contribution in [3.05, 3.63) is 46.8 Å². The molecule has 6 nitrogen and oxygen atoms in total. The maximum Gasteiger partial charge on any atom is 0.516 e. The molecule has 2 rings (SSSR count). The van der Waals surface area contributed by atoms with Crippen molar-refractivity contribution in [1.82, 2.24) is 9.78 Å². The van der Waals surface area contributed by atoms with Crippen molar-refractivity contribution < 1.29 is 58.6 Å². The molecule has 0 aliphatic rings. The second-order valence-corrected chi connectivity index (χ2v) is 5.65. The number of aromatic nitrogens is 2. The molecule has 15 heteroatoms. The smallest absolute Gasteiger partial charge is 0.434 e. The molecule has 1 aromatic carbocycles. The van der Waals surface area contributed by atoms with Crippen molar-refractivity contribution in [2.45, 2.75) is 25.5 Å². The van der Waals surface area contributed by atoms with Crippen molar-refractivity contribution in [2.24, 2.45) is 0 Å². The minimum Gasteiger partial charge on any atom is -0.434 e. The highest BCUT2D eigenvalue weighted by Crippen LogP contribution is 2.39. The summed E-state index contributed by atoms with van der Waals surface area (Å²) in [7, 11) is 0. The van der Waals surface area contributed by atoms with Gasteiger partial charge in [0, 0.05) is 0 Å². The topological polar surface area (TPSA) is 70.4 Å². The van der Waals surface area contributed by atoms with Gasteiger partial charge in [0.05, 0.1) is 29.6 Å². The van der Waals surface area contributed by atoms with Crippen LogP contribution in [0.3, 0.4) is 0 Å². The quantitative estimate of drug-likeness (QED) is 0.353. The first-order valence-electron chi connectivity index (χ1n) is 7.89. The average Bonchev–Trinajstić information content (AvgIpc) is 3.05. The number of benzene rings is 1. The van der Waals surface area contributed by atoms with Gasteiger partial charge in [-0.2, -0.15) is 44.6 Å². The lowest BCUT2D eigenvalue weighted by Crippen LogP contribution is -2.21. The second-order valence-electron chi connectivity index (χ2n) is 5.65. The van der Waals surface area contributed by atoms with Gasteiger partial charge in [-0.15, -0.1) is 0 Å². The molecule has 31 heavy (non-hydrogen) atoms. The van der Waals surface area contributed by atoms with E-state index in [2.05, 4.69) is 14.6 Å². The molecule has 0 saturated heterocycles. The standard InChI is InChI=1S/C16H9F9N2O4/c1-2-30-13(29)31-12(28)10-6-26-27(11(10)16(23,24)25)9-4-7(14(17,18)19)3-8(5-9)15(20,21)22/h3-6H,2H2,1H3. The minimum absolute atomic E-state index is 0.0159. The number of ether oxygens (including phenoxy) is 2. The third-order valence-corrected chi connectivity index (χ3v) is 3.51. The van der Waals surface area contributed by atoms with Crippen LogP contribution in [0, 0.1) is 0 Å². The molecule has 0 atom stereocenters. The number of hydrogen-bond donors (Lipinski definition) is 0. The van der Waals surface area contributed by atoms with E-state index in [0.29, 0.717) is 0 Å². The van der Waals surface area contributed by atoms with Crippen LogP contribution in [0.2, 0.25) is 0 Å². The molecule has 1 heterocycles. The van der Waals surface area contributed by atoms with Crippen LogP contribution in [0.5, 0.6) is 0 Å². The maximum absolute atomic E-state index is 13.5. The summed E-state index contributed by atoms with van der Waals surface area (Å²) >= 11 is 0. The molecule has 0 spiro atoms. The Hall–Kier alpha value is -3.26. The lowest BCUT2D eigenvalue weighted by molar-refractivity contribution is -0.143. The zero-order valence-electron chi connectivity index (χ0n) is 14.9. The number of carbonyl (C=O) groups is 2. The summed E-state index contributed by atoms with van der Waals surface area (Å²) in [5, 5.41) is 3.08. The van der Waals surface area contributed by atoms with Crippen LogP contribution in [-0.4, -0.2) is 28.5 Å². The fourth-order valence-electron chi connectivity index (χ4n) is 2.31. The molecule has 0 unspecified atom stereocenters. The first-order chi connectivity index (χ1) is 14.1. The molecule has 0 aliphatic carbocycles. The largest absolute Gasteiger partial charge is 0.516 e. The Kier molecular flexibility index (Phi) is 6.28. The van der Waals surface area contributed by atoms with Gasteiger partial charge in [-0.1, -0.05) is 0 Å². The lowest BCUT2D eigenvalue weighted by atomic mass is 10.1. The van der Waals surface area contributed by atoms with Crippen LogP contribution in [0.15, 0.2) is 24.4 Å². The Morgan fingerprint density at radius 1 is 0.903 bits per heavy atom. The molecule has 0 fully saturated rings. The molecular weight excluding hydrogens is 455 g/mol. The van der Waals surface area contributed by atoms with E-state index in [1.165, 1.54) is 6.92 Å².